The van der Waals surface area contributed by atoms with Crippen molar-refractivity contribution < 1.29 is 19.1 Å². The van der Waals surface area contributed by atoms with Crippen molar-refractivity contribution in [3.05, 3.63) is 48.7 Å². The summed E-state index contributed by atoms with van der Waals surface area (Å²) < 4.78 is 12.1. The molecule has 0 fully saturated rings. The van der Waals surface area contributed by atoms with E-state index < -0.39 is 5.91 Å². The fourth-order valence-corrected chi connectivity index (χ4v) is 2.80. The van der Waals surface area contributed by atoms with Crippen LogP contribution in [0.15, 0.2) is 53.8 Å². The Morgan fingerprint density at radius 1 is 1.04 bits per heavy atom. The number of nitrogens with one attached hydrogen (secondary N) is 2. The molecule has 0 aliphatic heterocycles. The molecule has 0 unspecified atom stereocenters. The number of pyridine rings is 1. The molecule has 2 amide bonds. The molecule has 0 saturated carbocycles. The highest BCUT2D eigenvalue weighted by Crippen LogP contribution is 2.17. The summed E-state index contributed by atoms with van der Waals surface area (Å²) in [6, 6.07) is 12.3. The van der Waals surface area contributed by atoms with Crippen LogP contribution in [0.2, 0.25) is 0 Å². The quantitative estimate of drug-likeness (QED) is 0.461. The van der Waals surface area contributed by atoms with Gasteiger partial charge in [-0.25, -0.2) is 0 Å². The normalized spacial score (nSPS) is 10.4. The van der Waals surface area contributed by atoms with E-state index >= 15 is 0 Å². The van der Waals surface area contributed by atoms with E-state index in [0.717, 1.165) is 0 Å². The molecule has 0 aliphatic rings. The van der Waals surface area contributed by atoms with Crippen molar-refractivity contribution in [2.45, 2.75) is 5.16 Å². The molecule has 0 atom stereocenters. The van der Waals surface area contributed by atoms with E-state index in [2.05, 4.69) is 21.0 Å². The van der Waals surface area contributed by atoms with E-state index in [0.29, 0.717) is 22.3 Å². The number of hydrogen-bond donors (Lipinski definition) is 2. The van der Waals surface area contributed by atoms with E-state index in [-0.39, 0.29) is 18.3 Å². The second kappa shape index (κ2) is 8.90. The van der Waals surface area contributed by atoms with Crippen molar-refractivity contribution in [2.75, 3.05) is 19.5 Å². The van der Waals surface area contributed by atoms with Gasteiger partial charge in [0.15, 0.2) is 17.4 Å². The molecule has 0 saturated heterocycles. The lowest BCUT2D eigenvalue weighted by atomic mass is 10.3. The van der Waals surface area contributed by atoms with Gasteiger partial charge in [0.05, 0.1) is 12.9 Å². The van der Waals surface area contributed by atoms with Crippen molar-refractivity contribution in [2.24, 2.45) is 0 Å². The van der Waals surface area contributed by atoms with Gasteiger partial charge in [-0.05, 0) is 36.4 Å². The molecule has 10 heteroatoms. The Morgan fingerprint density at radius 3 is 2.56 bits per heavy atom. The van der Waals surface area contributed by atoms with Crippen molar-refractivity contribution in [3.63, 3.8) is 0 Å². The van der Waals surface area contributed by atoms with Crippen molar-refractivity contribution in [1.29, 1.82) is 0 Å². The SMILES string of the molecule is COc1ccc(OCC(=O)NNC(=O)CSc2nnc3ccccn23)cc1. The molecule has 0 radical (unpaired) electrons. The van der Waals surface area contributed by atoms with Crippen LogP contribution >= 0.6 is 11.8 Å². The molecule has 0 bridgehead atoms. The topological polar surface area (TPSA) is 107 Å². The standard InChI is InChI=1S/C17H17N5O4S/c1-25-12-5-7-13(8-6-12)26-10-15(23)19-20-16(24)11-27-17-21-18-14-4-2-3-9-22(14)17/h2-9H,10-11H2,1H3,(H,19,23)(H,20,24). The summed E-state index contributed by atoms with van der Waals surface area (Å²) in [6.45, 7) is -0.228. The largest absolute Gasteiger partial charge is 0.497 e. The van der Waals surface area contributed by atoms with Gasteiger partial charge in [0.25, 0.3) is 5.91 Å². The number of thioether (sulfide) groups is 1. The number of methoxy groups -OCH3 is 1. The molecule has 2 N–H and O–H groups in total. The number of fused-ring (bicyclic) bond motifs is 1. The number of nitrogens with zero attached hydrogens (tertiary/aromatic N) is 3. The second-order valence-electron chi connectivity index (χ2n) is 5.26. The Bertz CT molecular complexity index is 928. The lowest BCUT2D eigenvalue weighted by molar-refractivity contribution is -0.128. The van der Waals surface area contributed by atoms with Gasteiger partial charge in [-0.1, -0.05) is 17.8 Å². The molecule has 1 aromatic carbocycles. The monoisotopic (exact) mass is 387 g/mol. The molecular weight excluding hydrogens is 370 g/mol. The zero-order valence-electron chi connectivity index (χ0n) is 14.4. The molecular formula is C17H17N5O4S. The summed E-state index contributed by atoms with van der Waals surface area (Å²) >= 11 is 1.21. The number of carbonyl (C=O) groups is 2. The van der Waals surface area contributed by atoms with Gasteiger partial charge < -0.3 is 9.47 Å². The van der Waals surface area contributed by atoms with E-state index in [1.807, 2.05) is 24.4 Å². The molecule has 3 aromatic rings. The molecule has 0 aliphatic carbocycles. The third-order valence-electron chi connectivity index (χ3n) is 3.39. The number of amides is 2. The number of benzene rings is 1. The summed E-state index contributed by atoms with van der Waals surface area (Å²) in [5.41, 5.74) is 5.33. The number of carbonyl (C=O) groups excluding carboxylic acids is 2. The first-order chi connectivity index (χ1) is 13.2. The van der Waals surface area contributed by atoms with Gasteiger partial charge >= 0.3 is 0 Å². The average Bonchev–Trinajstić information content (AvgIpc) is 3.12. The number of rotatable bonds is 7. The molecule has 3 rings (SSSR count). The van der Waals surface area contributed by atoms with Crippen molar-refractivity contribution >= 4 is 29.2 Å². The van der Waals surface area contributed by atoms with Crippen LogP contribution in [0.4, 0.5) is 0 Å². The number of ether oxygens (including phenoxy) is 2. The minimum Gasteiger partial charge on any atom is -0.497 e. The summed E-state index contributed by atoms with van der Waals surface area (Å²) in [5, 5.41) is 8.61. The Hall–Kier alpha value is -3.27. The highest BCUT2D eigenvalue weighted by Gasteiger charge is 2.10. The van der Waals surface area contributed by atoms with E-state index in [1.165, 1.54) is 11.8 Å². The third-order valence-corrected chi connectivity index (χ3v) is 4.33. The lowest BCUT2D eigenvalue weighted by Crippen LogP contribution is -2.44. The smallest absolute Gasteiger partial charge is 0.276 e. The Kier molecular flexibility index (Phi) is 6.10. The second-order valence-corrected chi connectivity index (χ2v) is 6.20. The first-order valence-electron chi connectivity index (χ1n) is 7.93. The predicted octanol–water partition coefficient (Wildman–Crippen LogP) is 1.06. The first-order valence-corrected chi connectivity index (χ1v) is 8.91. The third kappa shape index (κ3) is 5.11. The molecule has 27 heavy (non-hydrogen) atoms. The van der Waals surface area contributed by atoms with E-state index in [1.54, 1.807) is 35.8 Å². The van der Waals surface area contributed by atoms with Gasteiger partial charge in [-0.15, -0.1) is 10.2 Å². The summed E-state index contributed by atoms with van der Waals surface area (Å²) in [5.74, 6) is 0.445. The van der Waals surface area contributed by atoms with Gasteiger partial charge in [0.1, 0.15) is 11.5 Å². The molecule has 2 heterocycles. The van der Waals surface area contributed by atoms with Crippen LogP contribution in [0.25, 0.3) is 5.65 Å². The van der Waals surface area contributed by atoms with Gasteiger partial charge in [0.2, 0.25) is 5.91 Å². The highest BCUT2D eigenvalue weighted by molar-refractivity contribution is 7.99. The van der Waals surface area contributed by atoms with E-state index in [9.17, 15) is 9.59 Å². The van der Waals surface area contributed by atoms with Crippen LogP contribution in [-0.2, 0) is 9.59 Å². The van der Waals surface area contributed by atoms with Crippen molar-refractivity contribution in [3.8, 4) is 11.5 Å². The van der Waals surface area contributed by atoms with Crippen LogP contribution in [0, 0.1) is 0 Å². The van der Waals surface area contributed by atoms with Crippen LogP contribution < -0.4 is 20.3 Å². The van der Waals surface area contributed by atoms with Crippen molar-refractivity contribution in [1.82, 2.24) is 25.4 Å². The van der Waals surface area contributed by atoms with E-state index in [4.69, 9.17) is 9.47 Å². The maximum absolute atomic E-state index is 11.9. The molecule has 2 aromatic heterocycles. The predicted molar refractivity (Wildman–Crippen MR) is 98.5 cm³/mol. The fraction of sp³-hybridized carbons (Fsp3) is 0.176. The van der Waals surface area contributed by atoms with Crippen LogP contribution in [0.1, 0.15) is 0 Å². The zero-order valence-corrected chi connectivity index (χ0v) is 15.2. The Morgan fingerprint density at radius 2 is 1.78 bits per heavy atom. The summed E-state index contributed by atoms with van der Waals surface area (Å²) in [7, 11) is 1.57. The zero-order chi connectivity index (χ0) is 19.1. The number of hydrogen-bond acceptors (Lipinski definition) is 7. The van der Waals surface area contributed by atoms with Gasteiger partial charge in [-0.3, -0.25) is 24.8 Å². The highest BCUT2D eigenvalue weighted by atomic mass is 32.2. The first kappa shape index (κ1) is 18.5. The molecule has 140 valence electrons. The average molecular weight is 387 g/mol. The summed E-state index contributed by atoms with van der Waals surface area (Å²) in [4.78, 5) is 23.6. The van der Waals surface area contributed by atoms with Gasteiger partial charge in [-0.2, -0.15) is 0 Å². The fourth-order valence-electron chi connectivity index (χ4n) is 2.08. The lowest BCUT2D eigenvalue weighted by Gasteiger charge is -2.09. The van der Waals surface area contributed by atoms with Crippen LogP contribution in [-0.4, -0.2) is 45.9 Å². The van der Waals surface area contributed by atoms with Crippen LogP contribution in [0.3, 0.4) is 0 Å². The Labute approximate surface area is 159 Å². The summed E-state index contributed by atoms with van der Waals surface area (Å²) in [6.07, 6.45) is 1.81. The Balaban J connectivity index is 1.38. The molecule has 0 spiro atoms. The minimum absolute atomic E-state index is 0.0787. The number of aromatic nitrogens is 3. The van der Waals surface area contributed by atoms with Gasteiger partial charge in [0, 0.05) is 6.20 Å². The maximum atomic E-state index is 11.9. The maximum Gasteiger partial charge on any atom is 0.276 e. The van der Waals surface area contributed by atoms with Crippen LogP contribution in [0.5, 0.6) is 11.5 Å². The minimum atomic E-state index is -0.475. The molecule has 9 nitrogen and oxygen atoms in total. The number of hydrazine groups is 1.